The van der Waals surface area contributed by atoms with E-state index in [-0.39, 0.29) is 35.7 Å². The molecule has 2 aromatic carbocycles. The Morgan fingerprint density at radius 3 is 2.48 bits per heavy atom. The molecule has 40 heavy (non-hydrogen) atoms. The van der Waals surface area contributed by atoms with Crippen molar-refractivity contribution in [1.29, 1.82) is 0 Å². The second-order valence-corrected chi connectivity index (χ2v) is 10.4. The monoisotopic (exact) mass is 563 g/mol. The number of carbonyl (C=O) groups is 2. The number of ether oxygens (including phenoxy) is 1. The third-order valence-electron chi connectivity index (χ3n) is 6.61. The minimum atomic E-state index is -0.639. The number of aromatic nitrogens is 2. The fourth-order valence-corrected chi connectivity index (χ4v) is 5.08. The van der Waals surface area contributed by atoms with E-state index in [4.69, 9.17) is 32.8 Å². The van der Waals surface area contributed by atoms with Gasteiger partial charge in [0.15, 0.2) is 0 Å². The maximum absolute atomic E-state index is 12.4. The Hall–Kier alpha value is -3.92. The Bertz CT molecular complexity index is 1510. The van der Waals surface area contributed by atoms with E-state index in [0.717, 1.165) is 22.4 Å². The zero-order valence-electron chi connectivity index (χ0n) is 22.7. The van der Waals surface area contributed by atoms with Gasteiger partial charge in [-0.25, -0.2) is 4.98 Å². The molecule has 0 aliphatic carbocycles. The summed E-state index contributed by atoms with van der Waals surface area (Å²) in [5.74, 6) is -0.904. The van der Waals surface area contributed by atoms with Crippen molar-refractivity contribution in [2.24, 2.45) is 11.5 Å². The summed E-state index contributed by atoms with van der Waals surface area (Å²) >= 11 is 6.79. The smallest absolute Gasteiger partial charge is 0.249 e. The molecule has 0 spiro atoms. The number of nitrogens with zero attached hydrogens (tertiary/aromatic N) is 2. The fourth-order valence-electron chi connectivity index (χ4n) is 4.71. The van der Waals surface area contributed by atoms with Crippen molar-refractivity contribution in [3.63, 3.8) is 0 Å². The van der Waals surface area contributed by atoms with Gasteiger partial charge >= 0.3 is 0 Å². The van der Waals surface area contributed by atoms with Gasteiger partial charge in [0.05, 0.1) is 29.5 Å². The third kappa shape index (κ3) is 6.44. The van der Waals surface area contributed by atoms with Crippen LogP contribution in [0.5, 0.6) is 5.75 Å². The molecule has 0 unspecified atom stereocenters. The van der Waals surface area contributed by atoms with Crippen LogP contribution in [0.3, 0.4) is 0 Å². The van der Waals surface area contributed by atoms with E-state index in [2.05, 4.69) is 5.32 Å². The number of primary amides is 1. The topological polar surface area (TPSA) is 145 Å². The highest BCUT2D eigenvalue weighted by molar-refractivity contribution is 6.33. The molecule has 4 rings (SSSR count). The van der Waals surface area contributed by atoms with Crippen LogP contribution in [0.1, 0.15) is 59.8 Å². The molecule has 2 heterocycles. The lowest BCUT2D eigenvalue weighted by Gasteiger charge is -2.24. The maximum atomic E-state index is 12.4. The number of carbonyl (C=O) groups excluding carboxylic acids is 2. The first-order chi connectivity index (χ1) is 19.1. The Kier molecular flexibility index (Phi) is 9.09. The number of imidazole rings is 1. The van der Waals surface area contributed by atoms with Crippen LogP contribution in [0, 0.1) is 0 Å². The first-order valence-electron chi connectivity index (χ1n) is 13.1. The normalized spacial score (nSPS) is 12.9. The van der Waals surface area contributed by atoms with Crippen LogP contribution in [0.15, 0.2) is 60.9 Å². The summed E-state index contributed by atoms with van der Waals surface area (Å²) < 4.78 is 7.75. The average Bonchev–Trinajstić information content (AvgIpc) is 3.36. The van der Waals surface area contributed by atoms with Gasteiger partial charge in [0.1, 0.15) is 11.4 Å². The van der Waals surface area contributed by atoms with Crippen molar-refractivity contribution < 1.29 is 19.4 Å². The molecular weight excluding hydrogens is 530 g/mol. The van der Waals surface area contributed by atoms with Gasteiger partial charge in [-0.05, 0) is 56.5 Å². The quantitative estimate of drug-likeness (QED) is 0.217. The number of hydrogen-bond acceptors (Lipinski definition) is 6. The molecule has 0 saturated heterocycles. The van der Waals surface area contributed by atoms with Crippen LogP contribution in [0.25, 0.3) is 16.9 Å². The molecule has 0 bridgehead atoms. The summed E-state index contributed by atoms with van der Waals surface area (Å²) in [6.07, 6.45) is 3.49. The van der Waals surface area contributed by atoms with Crippen LogP contribution in [-0.2, 0) is 11.2 Å². The molecule has 2 aromatic heterocycles. The van der Waals surface area contributed by atoms with Gasteiger partial charge in [0.25, 0.3) is 0 Å². The highest BCUT2D eigenvalue weighted by atomic mass is 35.5. The van der Waals surface area contributed by atoms with Crippen molar-refractivity contribution in [3.05, 3.63) is 88.2 Å². The Morgan fingerprint density at radius 2 is 1.85 bits per heavy atom. The molecule has 2 amide bonds. The van der Waals surface area contributed by atoms with E-state index in [1.54, 1.807) is 19.1 Å². The van der Waals surface area contributed by atoms with Gasteiger partial charge in [0.2, 0.25) is 11.8 Å². The molecule has 2 atom stereocenters. The van der Waals surface area contributed by atoms with Gasteiger partial charge in [-0.1, -0.05) is 41.9 Å². The van der Waals surface area contributed by atoms with E-state index < -0.39 is 17.9 Å². The van der Waals surface area contributed by atoms with Gasteiger partial charge in [-0.3, -0.25) is 9.59 Å². The molecule has 0 aliphatic heterocycles. The minimum Gasteiger partial charge on any atom is -0.489 e. The highest BCUT2D eigenvalue weighted by Crippen LogP contribution is 2.38. The number of fused-ring (bicyclic) bond motifs is 1. The molecule has 210 valence electrons. The predicted molar refractivity (Wildman–Crippen MR) is 156 cm³/mol. The van der Waals surface area contributed by atoms with Gasteiger partial charge in [0, 0.05) is 41.5 Å². The summed E-state index contributed by atoms with van der Waals surface area (Å²) in [6.45, 7) is 5.51. The van der Waals surface area contributed by atoms with Crippen molar-refractivity contribution >= 4 is 29.1 Å². The Labute approximate surface area is 238 Å². The first kappa shape index (κ1) is 29.1. The van der Waals surface area contributed by atoms with E-state index in [1.165, 1.54) is 0 Å². The Balaban J connectivity index is 1.68. The van der Waals surface area contributed by atoms with E-state index in [0.29, 0.717) is 23.4 Å². The summed E-state index contributed by atoms with van der Waals surface area (Å²) in [6, 6.07) is 14.8. The van der Waals surface area contributed by atoms with Gasteiger partial charge in [-0.15, -0.1) is 0 Å². The number of aliphatic hydroxyl groups is 1. The molecule has 0 radical (unpaired) electrons. The standard InChI is InChI=1S/C30H34ClN5O4/c1-17(2)40-25-11-10-23(29(33)39)27(28(25)31)21(15-34-26(38)14-32)13-19-6-8-20(9-7-19)24-16-36-12-4-5-22(18(3)37)30(36)35-24/h4-12,16-18,21,37H,13-15,32H2,1-3H3,(H2,33,39)(H,34,38)/t18-,21+/m0/s1. The third-order valence-corrected chi connectivity index (χ3v) is 7.00. The number of pyridine rings is 1. The molecule has 4 aromatic rings. The van der Waals surface area contributed by atoms with Gasteiger partial charge in [-0.2, -0.15) is 0 Å². The minimum absolute atomic E-state index is 0.135. The van der Waals surface area contributed by atoms with Gasteiger partial charge < -0.3 is 31.0 Å². The predicted octanol–water partition coefficient (Wildman–Crippen LogP) is 4.00. The van der Waals surface area contributed by atoms with Crippen LogP contribution in [0.2, 0.25) is 5.02 Å². The van der Waals surface area contributed by atoms with E-state index in [1.807, 2.05) is 67.0 Å². The van der Waals surface area contributed by atoms with Crippen LogP contribution >= 0.6 is 11.6 Å². The summed E-state index contributed by atoms with van der Waals surface area (Å²) in [5.41, 5.74) is 16.1. The largest absolute Gasteiger partial charge is 0.489 e. The Morgan fingerprint density at radius 1 is 1.12 bits per heavy atom. The lowest BCUT2D eigenvalue weighted by atomic mass is 9.87. The van der Waals surface area contributed by atoms with Crippen LogP contribution in [-0.4, -0.2) is 45.5 Å². The number of nitrogens with two attached hydrogens (primary N) is 2. The average molecular weight is 564 g/mol. The summed E-state index contributed by atoms with van der Waals surface area (Å²) in [5, 5.41) is 13.2. The second-order valence-electron chi connectivity index (χ2n) is 9.97. The number of rotatable bonds is 11. The molecule has 0 fully saturated rings. The number of aliphatic hydroxyl groups excluding tert-OH is 1. The zero-order chi connectivity index (χ0) is 29.0. The van der Waals surface area contributed by atoms with E-state index >= 15 is 0 Å². The first-order valence-corrected chi connectivity index (χ1v) is 13.5. The van der Waals surface area contributed by atoms with Crippen molar-refractivity contribution in [2.45, 2.75) is 45.3 Å². The highest BCUT2D eigenvalue weighted by Gasteiger charge is 2.25. The lowest BCUT2D eigenvalue weighted by Crippen LogP contribution is -2.34. The molecule has 0 aliphatic rings. The summed E-state index contributed by atoms with van der Waals surface area (Å²) in [4.78, 5) is 29.2. The zero-order valence-corrected chi connectivity index (χ0v) is 23.5. The number of amides is 2. The van der Waals surface area contributed by atoms with Crippen molar-refractivity contribution in [1.82, 2.24) is 14.7 Å². The number of hydrogen-bond donors (Lipinski definition) is 4. The number of halogens is 1. The number of nitrogens with one attached hydrogen (secondary N) is 1. The lowest BCUT2D eigenvalue weighted by molar-refractivity contribution is -0.119. The fraction of sp³-hybridized carbons (Fsp3) is 0.300. The summed E-state index contributed by atoms with van der Waals surface area (Å²) in [7, 11) is 0. The molecule has 0 saturated carbocycles. The molecular formula is C30H34ClN5O4. The van der Waals surface area contributed by atoms with Crippen LogP contribution in [0.4, 0.5) is 0 Å². The van der Waals surface area contributed by atoms with E-state index in [9.17, 15) is 14.7 Å². The number of benzene rings is 2. The second kappa shape index (κ2) is 12.5. The van der Waals surface area contributed by atoms with Crippen molar-refractivity contribution in [2.75, 3.05) is 13.1 Å². The van der Waals surface area contributed by atoms with Crippen LogP contribution < -0.4 is 21.5 Å². The molecule has 6 N–H and O–H groups in total. The maximum Gasteiger partial charge on any atom is 0.249 e. The molecule has 10 heteroatoms. The SMILES string of the molecule is CC(C)Oc1ccc(C(N)=O)c([C@@H](CNC(=O)CN)Cc2ccc(-c3cn4cccc([C@H](C)O)c4n3)cc2)c1Cl. The molecule has 9 nitrogen and oxygen atoms in total. The van der Waals surface area contributed by atoms with Crippen molar-refractivity contribution in [3.8, 4) is 17.0 Å².